The quantitative estimate of drug-likeness (QED) is 0.240. The molecule has 0 saturated heterocycles. The number of hydrogen-bond donors (Lipinski definition) is 0. The number of ether oxygens (including phenoxy) is 1. The molecule has 0 aliphatic carbocycles. The van der Waals surface area contributed by atoms with Crippen LogP contribution in [-0.4, -0.2) is 31.2 Å². The monoisotopic (exact) mass is 507 g/mol. The van der Waals surface area contributed by atoms with Gasteiger partial charge >= 0.3 is 0 Å². The van der Waals surface area contributed by atoms with Crippen molar-refractivity contribution in [2.24, 2.45) is 0 Å². The number of nitrogens with zero attached hydrogens (tertiary/aromatic N) is 5. The minimum absolute atomic E-state index is 0.671. The van der Waals surface area contributed by atoms with Crippen LogP contribution in [-0.2, 0) is 6.54 Å². The molecule has 3 aromatic heterocycles. The van der Waals surface area contributed by atoms with Crippen LogP contribution in [0.1, 0.15) is 5.56 Å². The summed E-state index contributed by atoms with van der Waals surface area (Å²) in [6.45, 7) is 0.671. The second-order valence-corrected chi connectivity index (χ2v) is 9.38. The minimum Gasteiger partial charge on any atom is -0.495 e. The summed E-state index contributed by atoms with van der Waals surface area (Å²) in [7, 11) is 1.71. The van der Waals surface area contributed by atoms with Crippen LogP contribution in [0.4, 0.5) is 0 Å². The molecular weight excluding hydrogens is 482 g/mol. The van der Waals surface area contributed by atoms with Crippen molar-refractivity contribution in [2.75, 3.05) is 7.11 Å². The van der Waals surface area contributed by atoms with Crippen molar-refractivity contribution in [1.29, 1.82) is 0 Å². The summed E-state index contributed by atoms with van der Waals surface area (Å²) < 4.78 is 10.2. The summed E-state index contributed by atoms with van der Waals surface area (Å²) >= 11 is 0. The van der Waals surface area contributed by atoms with E-state index in [4.69, 9.17) is 14.7 Å². The van der Waals surface area contributed by atoms with Crippen LogP contribution in [0.15, 0.2) is 122 Å². The Kier molecular flexibility index (Phi) is 5.63. The molecule has 4 aromatic carbocycles. The first-order valence-electron chi connectivity index (χ1n) is 12.9. The number of rotatable bonds is 6. The third-order valence-electron chi connectivity index (χ3n) is 7.07. The Morgan fingerprint density at radius 3 is 2.10 bits per heavy atom. The summed E-state index contributed by atoms with van der Waals surface area (Å²) in [6.07, 6.45) is 3.47. The molecule has 0 aliphatic rings. The van der Waals surface area contributed by atoms with E-state index >= 15 is 0 Å². The molecule has 0 bridgehead atoms. The molecule has 7 aromatic rings. The molecule has 6 heteroatoms. The van der Waals surface area contributed by atoms with Crippen LogP contribution in [0.3, 0.4) is 0 Å². The fourth-order valence-corrected chi connectivity index (χ4v) is 5.38. The number of para-hydroxylation sites is 1. The normalized spacial score (nSPS) is 11.3. The van der Waals surface area contributed by atoms with E-state index < -0.39 is 0 Å². The summed E-state index contributed by atoms with van der Waals surface area (Å²) in [4.78, 5) is 14.3. The Morgan fingerprint density at radius 2 is 1.38 bits per heavy atom. The maximum Gasteiger partial charge on any atom is 0.169 e. The summed E-state index contributed by atoms with van der Waals surface area (Å²) in [6, 6.07) is 37.4. The molecule has 0 spiro atoms. The largest absolute Gasteiger partial charge is 0.495 e. The van der Waals surface area contributed by atoms with E-state index in [1.54, 1.807) is 13.4 Å². The van der Waals surface area contributed by atoms with Crippen molar-refractivity contribution < 1.29 is 4.74 Å². The van der Waals surface area contributed by atoms with E-state index in [0.29, 0.717) is 12.4 Å². The van der Waals surface area contributed by atoms with E-state index in [-0.39, 0.29) is 0 Å². The molecule has 0 saturated carbocycles. The Balaban J connectivity index is 1.58. The SMILES string of the molecule is COc1cccc2c(-c3ccccc3)c(-c3ccccc3)n(-c3ncnc4c3ncn4Cc3ccccc3)c12. The molecule has 0 amide bonds. The number of aromatic nitrogens is 5. The second-order valence-electron chi connectivity index (χ2n) is 9.38. The minimum atomic E-state index is 0.671. The van der Waals surface area contributed by atoms with Crippen molar-refractivity contribution >= 4 is 22.1 Å². The van der Waals surface area contributed by atoms with Crippen molar-refractivity contribution in [1.82, 2.24) is 24.1 Å². The van der Waals surface area contributed by atoms with Crippen molar-refractivity contribution in [2.45, 2.75) is 6.54 Å². The standard InChI is InChI=1S/C33H25N5O/c1-39-27-19-11-18-26-28(24-14-7-3-8-15-24)30(25-16-9-4-10-17-25)38(31(26)27)33-29-32(34-21-35-33)37(22-36-29)20-23-12-5-2-6-13-23/h2-19,21-22H,20H2,1H3. The number of imidazole rings is 1. The van der Waals surface area contributed by atoms with Gasteiger partial charge in [0.25, 0.3) is 0 Å². The van der Waals surface area contributed by atoms with Gasteiger partial charge in [0.15, 0.2) is 17.0 Å². The van der Waals surface area contributed by atoms with Crippen LogP contribution in [0.5, 0.6) is 5.75 Å². The highest BCUT2D eigenvalue weighted by Gasteiger charge is 2.26. The van der Waals surface area contributed by atoms with Gasteiger partial charge in [0.05, 0.1) is 31.2 Å². The first kappa shape index (κ1) is 22.9. The average Bonchev–Trinajstić information content (AvgIpc) is 3.58. The molecule has 188 valence electrons. The Bertz CT molecular complexity index is 1910. The van der Waals surface area contributed by atoms with E-state index in [1.807, 2.05) is 48.8 Å². The fourth-order valence-electron chi connectivity index (χ4n) is 5.38. The maximum absolute atomic E-state index is 5.94. The highest BCUT2D eigenvalue weighted by Crippen LogP contribution is 2.45. The van der Waals surface area contributed by atoms with Gasteiger partial charge < -0.3 is 9.30 Å². The molecule has 0 radical (unpaired) electrons. The van der Waals surface area contributed by atoms with Gasteiger partial charge in [0.2, 0.25) is 0 Å². The van der Waals surface area contributed by atoms with Gasteiger partial charge in [-0.15, -0.1) is 0 Å². The van der Waals surface area contributed by atoms with E-state index in [0.717, 1.165) is 50.2 Å². The molecule has 39 heavy (non-hydrogen) atoms. The van der Waals surface area contributed by atoms with E-state index in [1.165, 1.54) is 5.56 Å². The lowest BCUT2D eigenvalue weighted by Gasteiger charge is -2.14. The van der Waals surface area contributed by atoms with Crippen LogP contribution in [0, 0.1) is 0 Å². The number of hydrogen-bond acceptors (Lipinski definition) is 4. The number of benzene rings is 4. The zero-order valence-electron chi connectivity index (χ0n) is 21.4. The van der Waals surface area contributed by atoms with Crippen molar-refractivity contribution in [3.05, 3.63) is 127 Å². The molecule has 6 nitrogen and oxygen atoms in total. The summed E-state index contributed by atoms with van der Waals surface area (Å²) in [5, 5.41) is 1.08. The zero-order chi connectivity index (χ0) is 26.2. The molecule has 0 aliphatic heterocycles. The predicted molar refractivity (Wildman–Crippen MR) is 155 cm³/mol. The highest BCUT2D eigenvalue weighted by atomic mass is 16.5. The van der Waals surface area contributed by atoms with E-state index in [2.05, 4.69) is 80.8 Å². The smallest absolute Gasteiger partial charge is 0.169 e. The first-order valence-corrected chi connectivity index (χ1v) is 12.9. The third kappa shape index (κ3) is 3.85. The van der Waals surface area contributed by atoms with Crippen LogP contribution < -0.4 is 4.74 Å². The van der Waals surface area contributed by atoms with Crippen LogP contribution in [0.2, 0.25) is 0 Å². The summed E-state index contributed by atoms with van der Waals surface area (Å²) in [5.41, 5.74) is 7.97. The molecular formula is C33H25N5O. The summed E-state index contributed by atoms with van der Waals surface area (Å²) in [5.74, 6) is 1.48. The molecule has 0 atom stereocenters. The van der Waals surface area contributed by atoms with Crippen LogP contribution in [0.25, 0.3) is 50.3 Å². The third-order valence-corrected chi connectivity index (χ3v) is 7.07. The second kappa shape index (κ2) is 9.58. The first-order chi connectivity index (χ1) is 19.3. The van der Waals surface area contributed by atoms with Gasteiger partial charge in [-0.3, -0.25) is 4.57 Å². The average molecular weight is 508 g/mol. The highest BCUT2D eigenvalue weighted by molar-refractivity contribution is 6.08. The molecule has 0 unspecified atom stereocenters. The Labute approximate surface area is 225 Å². The molecule has 0 fully saturated rings. The number of methoxy groups -OCH3 is 1. The Morgan fingerprint density at radius 1 is 0.692 bits per heavy atom. The van der Waals surface area contributed by atoms with Crippen LogP contribution >= 0.6 is 0 Å². The molecule has 7 rings (SSSR count). The fraction of sp³-hybridized carbons (Fsp3) is 0.0606. The molecule has 0 N–H and O–H groups in total. The predicted octanol–water partition coefficient (Wildman–Crippen LogP) is 7.16. The van der Waals surface area contributed by atoms with Crippen molar-refractivity contribution in [3.8, 4) is 34.0 Å². The van der Waals surface area contributed by atoms with Gasteiger partial charge in [-0.25, -0.2) is 15.0 Å². The van der Waals surface area contributed by atoms with Gasteiger partial charge in [-0.2, -0.15) is 0 Å². The van der Waals surface area contributed by atoms with Gasteiger partial charge in [-0.05, 0) is 22.8 Å². The number of fused-ring (bicyclic) bond motifs is 2. The lowest BCUT2D eigenvalue weighted by atomic mass is 9.98. The van der Waals surface area contributed by atoms with Gasteiger partial charge in [-0.1, -0.05) is 103 Å². The topological polar surface area (TPSA) is 57.8 Å². The molecule has 3 heterocycles. The van der Waals surface area contributed by atoms with Gasteiger partial charge in [0.1, 0.15) is 12.1 Å². The maximum atomic E-state index is 5.94. The zero-order valence-corrected chi connectivity index (χ0v) is 21.4. The van der Waals surface area contributed by atoms with E-state index in [9.17, 15) is 0 Å². The van der Waals surface area contributed by atoms with Gasteiger partial charge in [0, 0.05) is 10.9 Å². The lowest BCUT2D eigenvalue weighted by Crippen LogP contribution is -2.05. The lowest BCUT2D eigenvalue weighted by molar-refractivity contribution is 0.418. The van der Waals surface area contributed by atoms with Crippen molar-refractivity contribution in [3.63, 3.8) is 0 Å². The Hall–Kier alpha value is -5.23.